The lowest BCUT2D eigenvalue weighted by molar-refractivity contribution is 0.662. The maximum absolute atomic E-state index is 3.37. The summed E-state index contributed by atoms with van der Waals surface area (Å²) >= 11 is 0. The van der Waals surface area contributed by atoms with Gasteiger partial charge in [-0.1, -0.05) is 48.5 Å². The average Bonchev–Trinajstić information content (AvgIpc) is 2.44. The van der Waals surface area contributed by atoms with E-state index >= 15 is 0 Å². The third-order valence-corrected chi connectivity index (χ3v) is 3.68. The summed E-state index contributed by atoms with van der Waals surface area (Å²) in [6.07, 6.45) is 0. The van der Waals surface area contributed by atoms with Crippen LogP contribution in [0.4, 0.5) is 0 Å². The second-order valence-corrected chi connectivity index (χ2v) is 4.74. The second kappa shape index (κ2) is 4.43. The third-order valence-electron chi connectivity index (χ3n) is 3.68. The van der Waals surface area contributed by atoms with Crippen LogP contribution in [0.15, 0.2) is 54.6 Å². The van der Waals surface area contributed by atoms with Crippen molar-refractivity contribution in [1.29, 1.82) is 0 Å². The second-order valence-electron chi connectivity index (χ2n) is 4.74. The fourth-order valence-corrected chi connectivity index (χ4v) is 2.66. The molecule has 1 heteroatoms. The van der Waals surface area contributed by atoms with Crippen LogP contribution in [0.1, 0.15) is 18.5 Å². The molecule has 0 spiro atoms. The zero-order valence-corrected chi connectivity index (χ0v) is 10.8. The Bertz CT molecular complexity index is 646. The van der Waals surface area contributed by atoms with Gasteiger partial charge in [0.05, 0.1) is 0 Å². The van der Waals surface area contributed by atoms with Gasteiger partial charge < -0.3 is 5.32 Å². The van der Waals surface area contributed by atoms with Gasteiger partial charge in [-0.3, -0.25) is 0 Å². The lowest BCUT2D eigenvalue weighted by atomic mass is 9.93. The standard InChI is InChI=1S/C17H17N/c1-12(18-2)17-15-9-5-3-7-13(15)11-14-8-4-6-10-16(14)17/h3-12,18H,1-2H3. The molecule has 3 rings (SSSR count). The molecule has 0 radical (unpaired) electrons. The highest BCUT2D eigenvalue weighted by Crippen LogP contribution is 2.32. The lowest BCUT2D eigenvalue weighted by Gasteiger charge is -2.17. The number of benzene rings is 3. The van der Waals surface area contributed by atoms with E-state index < -0.39 is 0 Å². The highest BCUT2D eigenvalue weighted by Gasteiger charge is 2.11. The highest BCUT2D eigenvalue weighted by atomic mass is 14.9. The predicted molar refractivity (Wildman–Crippen MR) is 78.9 cm³/mol. The number of fused-ring (bicyclic) bond motifs is 2. The van der Waals surface area contributed by atoms with Gasteiger partial charge in [-0.05, 0) is 47.1 Å². The Kier molecular flexibility index (Phi) is 2.77. The molecule has 0 fully saturated rings. The van der Waals surface area contributed by atoms with Crippen molar-refractivity contribution >= 4 is 21.5 Å². The Hall–Kier alpha value is -1.86. The van der Waals surface area contributed by atoms with Crippen LogP contribution >= 0.6 is 0 Å². The van der Waals surface area contributed by atoms with Crippen LogP contribution in [-0.2, 0) is 0 Å². The Morgan fingerprint density at radius 1 is 0.833 bits per heavy atom. The fraction of sp³-hybridized carbons (Fsp3) is 0.176. The largest absolute Gasteiger partial charge is 0.313 e. The van der Waals surface area contributed by atoms with Gasteiger partial charge in [0, 0.05) is 6.04 Å². The molecular weight excluding hydrogens is 218 g/mol. The summed E-state index contributed by atoms with van der Waals surface area (Å²) in [7, 11) is 2.02. The molecule has 1 unspecified atom stereocenters. The molecule has 1 N–H and O–H groups in total. The molecule has 3 aromatic carbocycles. The number of rotatable bonds is 2. The average molecular weight is 235 g/mol. The summed E-state index contributed by atoms with van der Waals surface area (Å²) < 4.78 is 0. The summed E-state index contributed by atoms with van der Waals surface area (Å²) in [6.45, 7) is 2.22. The third kappa shape index (κ3) is 1.68. The van der Waals surface area contributed by atoms with E-state index in [0.29, 0.717) is 6.04 Å². The van der Waals surface area contributed by atoms with Gasteiger partial charge in [0.25, 0.3) is 0 Å². The van der Waals surface area contributed by atoms with Gasteiger partial charge in [-0.2, -0.15) is 0 Å². The molecule has 0 amide bonds. The van der Waals surface area contributed by atoms with Gasteiger partial charge >= 0.3 is 0 Å². The monoisotopic (exact) mass is 235 g/mol. The minimum absolute atomic E-state index is 0.348. The normalized spacial score (nSPS) is 13.0. The van der Waals surface area contributed by atoms with Crippen molar-refractivity contribution in [3.63, 3.8) is 0 Å². The molecule has 0 aliphatic carbocycles. The molecule has 90 valence electrons. The zero-order chi connectivity index (χ0) is 12.5. The molecule has 1 atom stereocenters. The predicted octanol–water partition coefficient (Wildman–Crippen LogP) is 4.27. The smallest absolute Gasteiger partial charge is 0.0301 e. The summed E-state index contributed by atoms with van der Waals surface area (Å²) in [6, 6.07) is 19.9. The van der Waals surface area contributed by atoms with Crippen LogP contribution < -0.4 is 5.32 Å². The summed E-state index contributed by atoms with van der Waals surface area (Å²) in [5, 5.41) is 8.68. The number of nitrogens with one attached hydrogen (secondary N) is 1. The maximum Gasteiger partial charge on any atom is 0.0301 e. The molecule has 18 heavy (non-hydrogen) atoms. The first-order chi connectivity index (χ1) is 8.81. The fourth-order valence-electron chi connectivity index (χ4n) is 2.66. The van der Waals surface area contributed by atoms with Crippen molar-refractivity contribution in [1.82, 2.24) is 5.32 Å². The first kappa shape index (κ1) is 11.2. The molecule has 0 bridgehead atoms. The molecule has 0 aromatic heterocycles. The van der Waals surface area contributed by atoms with Crippen LogP contribution in [-0.4, -0.2) is 7.05 Å². The zero-order valence-electron chi connectivity index (χ0n) is 10.8. The summed E-state index contributed by atoms with van der Waals surface area (Å²) in [5.41, 5.74) is 1.39. The quantitative estimate of drug-likeness (QED) is 0.654. The Morgan fingerprint density at radius 3 is 1.83 bits per heavy atom. The summed E-state index contributed by atoms with van der Waals surface area (Å²) in [4.78, 5) is 0. The van der Waals surface area contributed by atoms with E-state index in [1.165, 1.54) is 27.1 Å². The first-order valence-electron chi connectivity index (χ1n) is 6.39. The van der Waals surface area contributed by atoms with Gasteiger partial charge in [0.1, 0.15) is 0 Å². The van der Waals surface area contributed by atoms with Crippen molar-refractivity contribution in [3.8, 4) is 0 Å². The minimum Gasteiger partial charge on any atom is -0.313 e. The van der Waals surface area contributed by atoms with E-state index in [0.717, 1.165) is 0 Å². The number of hydrogen-bond donors (Lipinski definition) is 1. The van der Waals surface area contributed by atoms with Crippen LogP contribution in [0, 0.1) is 0 Å². The summed E-state index contributed by atoms with van der Waals surface area (Å²) in [5.74, 6) is 0. The van der Waals surface area contributed by atoms with Gasteiger partial charge in [-0.25, -0.2) is 0 Å². The van der Waals surface area contributed by atoms with Crippen molar-refractivity contribution in [2.24, 2.45) is 0 Å². The molecule has 0 aliphatic rings. The van der Waals surface area contributed by atoms with Crippen molar-refractivity contribution in [3.05, 3.63) is 60.2 Å². The van der Waals surface area contributed by atoms with E-state index in [-0.39, 0.29) is 0 Å². The van der Waals surface area contributed by atoms with Crippen molar-refractivity contribution in [2.75, 3.05) is 7.05 Å². The molecule has 0 heterocycles. The topological polar surface area (TPSA) is 12.0 Å². The van der Waals surface area contributed by atoms with Crippen molar-refractivity contribution < 1.29 is 0 Å². The van der Waals surface area contributed by atoms with Gasteiger partial charge in [-0.15, -0.1) is 0 Å². The maximum atomic E-state index is 3.37. The van der Waals surface area contributed by atoms with Gasteiger partial charge in [0.15, 0.2) is 0 Å². The van der Waals surface area contributed by atoms with Crippen LogP contribution in [0.3, 0.4) is 0 Å². The number of hydrogen-bond acceptors (Lipinski definition) is 1. The Morgan fingerprint density at radius 2 is 1.33 bits per heavy atom. The SMILES string of the molecule is CNC(C)c1c2ccccc2cc2ccccc12. The molecule has 1 nitrogen and oxygen atoms in total. The highest BCUT2D eigenvalue weighted by molar-refractivity contribution is 6.02. The van der Waals surface area contributed by atoms with E-state index in [1.807, 2.05) is 7.05 Å². The van der Waals surface area contributed by atoms with Crippen LogP contribution in [0.2, 0.25) is 0 Å². The minimum atomic E-state index is 0.348. The Balaban J connectivity index is 2.49. The lowest BCUT2D eigenvalue weighted by Crippen LogP contribution is -2.13. The molecule has 0 saturated heterocycles. The Labute approximate surface area is 107 Å². The van der Waals surface area contributed by atoms with Crippen LogP contribution in [0.5, 0.6) is 0 Å². The van der Waals surface area contributed by atoms with Crippen molar-refractivity contribution in [2.45, 2.75) is 13.0 Å². The van der Waals surface area contributed by atoms with Gasteiger partial charge in [0.2, 0.25) is 0 Å². The van der Waals surface area contributed by atoms with Crippen LogP contribution in [0.25, 0.3) is 21.5 Å². The van der Waals surface area contributed by atoms with E-state index in [2.05, 4.69) is 66.8 Å². The molecular formula is C17H17N. The van der Waals surface area contributed by atoms with E-state index in [4.69, 9.17) is 0 Å². The van der Waals surface area contributed by atoms with E-state index in [1.54, 1.807) is 0 Å². The molecule has 0 saturated carbocycles. The molecule has 3 aromatic rings. The van der Waals surface area contributed by atoms with E-state index in [9.17, 15) is 0 Å². The molecule has 0 aliphatic heterocycles. The first-order valence-corrected chi connectivity index (χ1v) is 6.39.